The summed E-state index contributed by atoms with van der Waals surface area (Å²) in [5.41, 5.74) is 2.42. The summed E-state index contributed by atoms with van der Waals surface area (Å²) in [5, 5.41) is 6.43. The van der Waals surface area contributed by atoms with Gasteiger partial charge in [0.15, 0.2) is 24.2 Å². The van der Waals surface area contributed by atoms with Crippen molar-refractivity contribution in [2.75, 3.05) is 13.9 Å². The second kappa shape index (κ2) is 6.93. The number of aromatic nitrogens is 4. The van der Waals surface area contributed by atoms with Gasteiger partial charge in [-0.05, 0) is 37.1 Å². The molecule has 148 valence electrons. The molecular formula is C21H18ClFN4O2. The van der Waals surface area contributed by atoms with Crippen LogP contribution in [0.4, 0.5) is 4.39 Å². The monoisotopic (exact) mass is 412 g/mol. The van der Waals surface area contributed by atoms with Crippen molar-refractivity contribution in [1.29, 1.82) is 0 Å². The molecule has 0 atom stereocenters. The maximum atomic E-state index is 15.3. The van der Waals surface area contributed by atoms with E-state index in [1.54, 1.807) is 24.0 Å². The first kappa shape index (κ1) is 18.3. The van der Waals surface area contributed by atoms with Crippen LogP contribution in [-0.4, -0.2) is 33.7 Å². The highest BCUT2D eigenvalue weighted by molar-refractivity contribution is 6.31. The molecule has 0 bridgehead atoms. The summed E-state index contributed by atoms with van der Waals surface area (Å²) in [6.07, 6.45) is 3.90. The van der Waals surface area contributed by atoms with Crippen LogP contribution in [0.1, 0.15) is 24.5 Å². The van der Waals surface area contributed by atoms with Crippen LogP contribution in [0.2, 0.25) is 5.02 Å². The van der Waals surface area contributed by atoms with Gasteiger partial charge in [0.2, 0.25) is 0 Å². The molecule has 0 saturated heterocycles. The lowest BCUT2D eigenvalue weighted by molar-refractivity contribution is 0.0489. The van der Waals surface area contributed by atoms with Gasteiger partial charge in [-0.1, -0.05) is 11.6 Å². The molecule has 0 N–H and O–H groups in total. The van der Waals surface area contributed by atoms with Crippen molar-refractivity contribution in [2.24, 2.45) is 7.05 Å². The zero-order chi connectivity index (χ0) is 20.1. The van der Waals surface area contributed by atoms with E-state index in [1.165, 1.54) is 7.11 Å². The number of hydrogen-bond acceptors (Lipinski definition) is 5. The first-order valence-corrected chi connectivity index (χ1v) is 9.68. The molecule has 0 spiro atoms. The number of halogens is 2. The zero-order valence-corrected chi connectivity index (χ0v) is 16.7. The summed E-state index contributed by atoms with van der Waals surface area (Å²) < 4.78 is 27.4. The lowest BCUT2D eigenvalue weighted by Crippen LogP contribution is -2.05. The third kappa shape index (κ3) is 3.20. The fourth-order valence-corrected chi connectivity index (χ4v) is 3.74. The van der Waals surface area contributed by atoms with Gasteiger partial charge in [-0.25, -0.2) is 14.4 Å². The number of fused-ring (bicyclic) bond motifs is 2. The van der Waals surface area contributed by atoms with Crippen molar-refractivity contribution in [3.8, 4) is 17.1 Å². The summed E-state index contributed by atoms with van der Waals surface area (Å²) in [4.78, 5) is 9.51. The predicted molar refractivity (Wildman–Crippen MR) is 109 cm³/mol. The fraction of sp³-hybridized carbons (Fsp3) is 0.286. The molecule has 0 unspecified atom stereocenters. The standard InChI is InChI=1S/C21H18ClFN4O2/c1-27-9-12-7-15(20(29-10-28-2)17(23)19(12)26-27)21-24-16-6-5-13(22)8-14(16)18(25-21)11-3-4-11/h5-9,11H,3-4,10H2,1-2H3. The van der Waals surface area contributed by atoms with Crippen LogP contribution in [0.25, 0.3) is 33.2 Å². The molecule has 2 aromatic carbocycles. The highest BCUT2D eigenvalue weighted by atomic mass is 35.5. The van der Waals surface area contributed by atoms with E-state index in [4.69, 9.17) is 31.0 Å². The molecule has 0 amide bonds. The molecular weight excluding hydrogens is 395 g/mol. The fourth-order valence-electron chi connectivity index (χ4n) is 3.57. The van der Waals surface area contributed by atoms with Crippen molar-refractivity contribution >= 4 is 33.4 Å². The Balaban J connectivity index is 1.78. The molecule has 1 aliphatic carbocycles. The Morgan fingerprint density at radius 2 is 2.07 bits per heavy atom. The third-order valence-electron chi connectivity index (χ3n) is 5.02. The molecule has 4 aromatic rings. The summed E-state index contributed by atoms with van der Waals surface area (Å²) in [7, 11) is 3.23. The number of rotatable bonds is 5. The van der Waals surface area contributed by atoms with Crippen LogP contribution in [0.3, 0.4) is 0 Å². The van der Waals surface area contributed by atoms with Crippen molar-refractivity contribution < 1.29 is 13.9 Å². The molecule has 8 heteroatoms. The largest absolute Gasteiger partial charge is 0.464 e. The van der Waals surface area contributed by atoms with Gasteiger partial charge in [-0.15, -0.1) is 0 Å². The van der Waals surface area contributed by atoms with Crippen molar-refractivity contribution in [2.45, 2.75) is 18.8 Å². The van der Waals surface area contributed by atoms with E-state index in [0.29, 0.717) is 27.7 Å². The van der Waals surface area contributed by atoms with E-state index in [0.717, 1.165) is 29.4 Å². The summed E-state index contributed by atoms with van der Waals surface area (Å²) in [5.74, 6) is 0.265. The van der Waals surface area contributed by atoms with Crippen LogP contribution < -0.4 is 4.74 Å². The molecule has 29 heavy (non-hydrogen) atoms. The molecule has 0 aliphatic heterocycles. The first-order valence-electron chi connectivity index (χ1n) is 9.30. The molecule has 6 nitrogen and oxygen atoms in total. The van der Waals surface area contributed by atoms with E-state index in [9.17, 15) is 0 Å². The average Bonchev–Trinajstić information content (AvgIpc) is 3.48. The number of methoxy groups -OCH3 is 1. The predicted octanol–water partition coefficient (Wildman–Crippen LogP) is 4.84. The van der Waals surface area contributed by atoms with Gasteiger partial charge < -0.3 is 9.47 Å². The van der Waals surface area contributed by atoms with E-state index < -0.39 is 5.82 Å². The highest BCUT2D eigenvalue weighted by Gasteiger charge is 2.29. The number of aryl methyl sites for hydroxylation is 1. The minimum atomic E-state index is -0.553. The average molecular weight is 413 g/mol. The molecule has 1 saturated carbocycles. The van der Waals surface area contributed by atoms with E-state index in [1.807, 2.05) is 18.2 Å². The molecule has 1 aliphatic rings. The minimum absolute atomic E-state index is 0.0353. The Morgan fingerprint density at radius 1 is 1.24 bits per heavy atom. The number of nitrogens with zero attached hydrogens (tertiary/aromatic N) is 4. The van der Waals surface area contributed by atoms with E-state index in [2.05, 4.69) is 5.10 Å². The van der Waals surface area contributed by atoms with Crippen LogP contribution >= 0.6 is 11.6 Å². The van der Waals surface area contributed by atoms with Crippen molar-refractivity contribution in [3.05, 3.63) is 47.0 Å². The minimum Gasteiger partial charge on any atom is -0.464 e. The van der Waals surface area contributed by atoms with E-state index >= 15 is 4.39 Å². The van der Waals surface area contributed by atoms with Gasteiger partial charge in [0, 0.05) is 42.1 Å². The zero-order valence-electron chi connectivity index (χ0n) is 15.9. The summed E-state index contributed by atoms with van der Waals surface area (Å²) in [6, 6.07) is 7.36. The molecule has 5 rings (SSSR count). The van der Waals surface area contributed by atoms with Crippen LogP contribution in [0.5, 0.6) is 5.75 Å². The quantitative estimate of drug-likeness (QED) is 0.439. The summed E-state index contributed by atoms with van der Waals surface area (Å²) >= 11 is 6.20. The molecule has 1 fully saturated rings. The van der Waals surface area contributed by atoms with Crippen LogP contribution in [0.15, 0.2) is 30.5 Å². The topological polar surface area (TPSA) is 62.1 Å². The Morgan fingerprint density at radius 3 is 2.83 bits per heavy atom. The second-order valence-electron chi connectivity index (χ2n) is 7.23. The summed E-state index contributed by atoms with van der Waals surface area (Å²) in [6.45, 7) is -0.0963. The SMILES string of the molecule is COCOc1c(-c2nc(C3CC3)c3cc(Cl)ccc3n2)cc2cn(C)nc2c1F. The number of hydrogen-bond donors (Lipinski definition) is 0. The van der Waals surface area contributed by atoms with Gasteiger partial charge >= 0.3 is 0 Å². The normalized spacial score (nSPS) is 14.1. The van der Waals surface area contributed by atoms with Crippen LogP contribution in [-0.2, 0) is 11.8 Å². The van der Waals surface area contributed by atoms with Gasteiger partial charge in [-0.3, -0.25) is 4.68 Å². The van der Waals surface area contributed by atoms with Gasteiger partial charge in [0.25, 0.3) is 0 Å². The van der Waals surface area contributed by atoms with Crippen molar-refractivity contribution in [1.82, 2.24) is 19.7 Å². The van der Waals surface area contributed by atoms with Gasteiger partial charge in [0.1, 0.15) is 5.52 Å². The third-order valence-corrected chi connectivity index (χ3v) is 5.26. The first-order chi connectivity index (χ1) is 14.0. The molecule has 2 heterocycles. The maximum Gasteiger partial charge on any atom is 0.193 e. The highest BCUT2D eigenvalue weighted by Crippen LogP contribution is 2.44. The Hall–Kier alpha value is -2.77. The maximum absolute atomic E-state index is 15.3. The van der Waals surface area contributed by atoms with Crippen molar-refractivity contribution in [3.63, 3.8) is 0 Å². The van der Waals surface area contributed by atoms with Gasteiger partial charge in [-0.2, -0.15) is 5.10 Å². The Labute approximate surface area is 171 Å². The second-order valence-corrected chi connectivity index (χ2v) is 7.66. The number of benzene rings is 2. The lowest BCUT2D eigenvalue weighted by Gasteiger charge is -2.13. The molecule has 0 radical (unpaired) electrons. The van der Waals surface area contributed by atoms with E-state index in [-0.39, 0.29) is 18.1 Å². The van der Waals surface area contributed by atoms with Gasteiger partial charge in [0.05, 0.1) is 16.8 Å². The Bertz CT molecular complexity index is 1250. The lowest BCUT2D eigenvalue weighted by atomic mass is 10.1. The number of ether oxygens (including phenoxy) is 2. The molecule has 2 aromatic heterocycles. The smallest absolute Gasteiger partial charge is 0.193 e. The van der Waals surface area contributed by atoms with Crippen LogP contribution in [0, 0.1) is 5.82 Å². The Kier molecular flexibility index (Phi) is 4.37.